The third kappa shape index (κ3) is 8.43. The highest BCUT2D eigenvalue weighted by Crippen LogP contribution is 2.45. The van der Waals surface area contributed by atoms with Gasteiger partial charge in [-0.05, 0) is 93.6 Å². The molecule has 0 saturated carbocycles. The number of alkyl halides is 3. The fraction of sp³-hybridized carbons (Fsp3) is 0.371. The summed E-state index contributed by atoms with van der Waals surface area (Å²) < 4.78 is 88.6. The number of fused-ring (bicyclic) bond motifs is 1. The van der Waals surface area contributed by atoms with E-state index in [1.54, 1.807) is 65.0 Å². The first-order valence-electron chi connectivity index (χ1n) is 15.2. The number of hydrogen-bond acceptors (Lipinski definition) is 8. The number of thiazole rings is 1. The molecule has 8 nitrogen and oxygen atoms in total. The van der Waals surface area contributed by atoms with E-state index >= 15 is 0 Å². The molecule has 1 aromatic heterocycles. The lowest BCUT2D eigenvalue weighted by molar-refractivity contribution is -0.166. The second-order valence-electron chi connectivity index (χ2n) is 12.2. The van der Waals surface area contributed by atoms with Crippen LogP contribution in [0.4, 0.5) is 13.2 Å². The molecule has 4 aromatic rings. The number of rotatable bonds is 12. The molecular formula is C35H39F3NO7S2+. The highest BCUT2D eigenvalue weighted by atomic mass is 32.3. The lowest BCUT2D eigenvalue weighted by Crippen LogP contribution is -2.29. The van der Waals surface area contributed by atoms with Gasteiger partial charge in [0, 0.05) is 23.6 Å². The van der Waals surface area contributed by atoms with Gasteiger partial charge in [-0.25, -0.2) is 4.79 Å². The van der Waals surface area contributed by atoms with Crippen LogP contribution < -0.4 is 8.37 Å². The number of carbonyl (C=O) groups excluding carboxylic acids is 1. The average molecular weight is 707 g/mol. The molecule has 258 valence electrons. The number of esters is 1. The Morgan fingerprint density at radius 1 is 1.04 bits per heavy atom. The molecule has 3 aromatic carbocycles. The van der Waals surface area contributed by atoms with E-state index < -0.39 is 44.1 Å². The fourth-order valence-electron chi connectivity index (χ4n) is 4.93. The van der Waals surface area contributed by atoms with Gasteiger partial charge in [-0.1, -0.05) is 29.8 Å². The summed E-state index contributed by atoms with van der Waals surface area (Å²) in [7, 11) is -8.25. The van der Waals surface area contributed by atoms with Gasteiger partial charge in [-0.15, -0.1) is 6.58 Å². The second kappa shape index (κ2) is 14.4. The number of aromatic nitrogens is 1. The minimum absolute atomic E-state index is 0.0317. The van der Waals surface area contributed by atoms with E-state index in [4.69, 9.17) is 17.8 Å². The summed E-state index contributed by atoms with van der Waals surface area (Å²) in [5, 5.41) is -0.0317. The molecule has 0 aliphatic carbocycles. The highest BCUT2D eigenvalue weighted by Gasteiger charge is 2.52. The largest absolute Gasteiger partial charge is 0.527 e. The summed E-state index contributed by atoms with van der Waals surface area (Å²) in [6.07, 6.45) is 0.930. The Kier molecular flexibility index (Phi) is 11.1. The predicted octanol–water partition coefficient (Wildman–Crippen LogP) is 8.98. The van der Waals surface area contributed by atoms with E-state index in [0.29, 0.717) is 28.9 Å². The van der Waals surface area contributed by atoms with Crippen LogP contribution in [0.1, 0.15) is 63.8 Å². The van der Waals surface area contributed by atoms with Crippen molar-refractivity contribution in [3.63, 3.8) is 0 Å². The number of ether oxygens (including phenoxy) is 3. The van der Waals surface area contributed by atoms with Crippen LogP contribution in [-0.2, 0) is 24.4 Å². The molecule has 0 aliphatic heterocycles. The summed E-state index contributed by atoms with van der Waals surface area (Å²) in [4.78, 5) is 17.7. The minimum Gasteiger partial charge on any atom is -0.490 e. The number of aryl methyl sites for hydroxylation is 2. The Morgan fingerprint density at radius 2 is 1.73 bits per heavy atom. The van der Waals surface area contributed by atoms with E-state index in [-0.39, 0.29) is 33.5 Å². The van der Waals surface area contributed by atoms with Crippen molar-refractivity contribution in [1.29, 1.82) is 0 Å². The standard InChI is InChI=1S/C35H39F3NO7S2/c1-9-12-23(5)44-29-16-15-21(3)17-27(29)24-13-11-14-25(19-24)32-39-28-18-22(4)26(31(33(40)43-10-2)45-34(6,7)8)20-30(28)47(32)46-48(41,42)35(36,37)38/h9,11,13-20,23,31H,1,10,12H2,2-8H3/q+1/t23-,31-,47?/m0/s1. The van der Waals surface area contributed by atoms with Crippen LogP contribution >= 0.6 is 10.8 Å². The SMILES string of the molecule is C=CC[C@H](C)Oc1ccc(C)cc1-c1cccc(-c2nc3cc(C)c([C@H](OC(C)(C)C)C(=O)OCC)cc3[s+]2OS(=O)(=O)C(F)(F)F)c1. The maximum absolute atomic E-state index is 13.7. The molecule has 13 heteroatoms. The molecule has 0 N–H and O–H groups in total. The van der Waals surface area contributed by atoms with E-state index in [2.05, 4.69) is 11.6 Å². The van der Waals surface area contributed by atoms with E-state index in [9.17, 15) is 26.4 Å². The first kappa shape index (κ1) is 37.0. The van der Waals surface area contributed by atoms with Gasteiger partial charge < -0.3 is 14.2 Å². The third-order valence-electron chi connectivity index (χ3n) is 7.02. The van der Waals surface area contributed by atoms with Crippen molar-refractivity contribution in [1.82, 2.24) is 4.98 Å². The summed E-state index contributed by atoms with van der Waals surface area (Å²) in [5.41, 5.74) is -2.82. The topological polar surface area (TPSA) is 101 Å². The smallest absolute Gasteiger partial charge is 0.490 e. The first-order chi connectivity index (χ1) is 22.3. The Labute approximate surface area is 281 Å². The van der Waals surface area contributed by atoms with Crippen molar-refractivity contribution in [2.45, 2.75) is 78.2 Å². The summed E-state index contributed by atoms with van der Waals surface area (Å²) in [5.74, 6) is -0.118. The predicted molar refractivity (Wildman–Crippen MR) is 181 cm³/mol. The Balaban J connectivity index is 1.97. The molecule has 4 rings (SSSR count). The van der Waals surface area contributed by atoms with Crippen molar-refractivity contribution >= 4 is 37.1 Å². The molecule has 1 unspecified atom stereocenters. The van der Waals surface area contributed by atoms with Gasteiger partial charge >= 0.3 is 26.6 Å². The molecule has 3 atom stereocenters. The van der Waals surface area contributed by atoms with E-state index in [1.807, 2.05) is 38.1 Å². The quantitative estimate of drug-likeness (QED) is 0.0623. The van der Waals surface area contributed by atoms with Crippen LogP contribution in [0.5, 0.6) is 5.75 Å². The number of hydrogen-bond donors (Lipinski definition) is 0. The number of carbonyl (C=O) groups is 1. The monoisotopic (exact) mass is 706 g/mol. The van der Waals surface area contributed by atoms with Crippen LogP contribution in [0.3, 0.4) is 0 Å². The lowest BCUT2D eigenvalue weighted by atomic mass is 10.00. The molecule has 1 heterocycles. The lowest BCUT2D eigenvalue weighted by Gasteiger charge is -2.27. The fourth-order valence-corrected chi connectivity index (χ4v) is 7.77. The van der Waals surface area contributed by atoms with Crippen molar-refractivity contribution < 1.29 is 44.2 Å². The Bertz CT molecular complexity index is 1930. The molecular weight excluding hydrogens is 668 g/mol. The van der Waals surface area contributed by atoms with E-state index in [0.717, 1.165) is 11.1 Å². The zero-order valence-electron chi connectivity index (χ0n) is 27.8. The van der Waals surface area contributed by atoms with Crippen molar-refractivity contribution in [2.75, 3.05) is 6.61 Å². The molecule has 0 radical (unpaired) electrons. The molecule has 0 fully saturated rings. The highest BCUT2D eigenvalue weighted by molar-refractivity contribution is 7.90. The van der Waals surface area contributed by atoms with Crippen LogP contribution in [0.2, 0.25) is 0 Å². The zero-order chi connectivity index (χ0) is 35.6. The van der Waals surface area contributed by atoms with Gasteiger partial charge in [0.15, 0.2) is 6.10 Å². The van der Waals surface area contributed by atoms with Gasteiger partial charge in [0.2, 0.25) is 15.5 Å². The molecule has 0 amide bonds. The normalized spacial score (nSPS) is 14.1. The number of halogens is 3. The molecule has 0 saturated heterocycles. The van der Waals surface area contributed by atoms with Crippen molar-refractivity contribution in [3.8, 4) is 27.4 Å². The zero-order valence-corrected chi connectivity index (χ0v) is 29.4. The maximum Gasteiger partial charge on any atom is 0.527 e. The van der Waals surface area contributed by atoms with Gasteiger partial charge in [0.1, 0.15) is 11.3 Å². The first-order valence-corrected chi connectivity index (χ1v) is 17.7. The Hall–Kier alpha value is -3.78. The summed E-state index contributed by atoms with van der Waals surface area (Å²) in [6, 6.07) is 15.5. The maximum atomic E-state index is 13.7. The van der Waals surface area contributed by atoms with Crippen LogP contribution in [0.25, 0.3) is 31.9 Å². The summed E-state index contributed by atoms with van der Waals surface area (Å²) in [6.45, 7) is 16.2. The number of benzene rings is 3. The van der Waals surface area contributed by atoms with Crippen LogP contribution in [0, 0.1) is 13.8 Å². The van der Waals surface area contributed by atoms with Crippen molar-refractivity contribution in [2.24, 2.45) is 0 Å². The van der Waals surface area contributed by atoms with Crippen LogP contribution in [-0.4, -0.2) is 43.2 Å². The minimum atomic E-state index is -6.07. The number of nitrogens with zero attached hydrogens (tertiary/aromatic N) is 1. The van der Waals surface area contributed by atoms with Crippen LogP contribution in [0.15, 0.2) is 67.3 Å². The Morgan fingerprint density at radius 3 is 2.35 bits per heavy atom. The van der Waals surface area contributed by atoms with Gasteiger partial charge in [-0.2, -0.15) is 26.6 Å². The van der Waals surface area contributed by atoms with Gasteiger partial charge in [0.25, 0.3) is 0 Å². The molecule has 0 bridgehead atoms. The molecule has 0 spiro atoms. The second-order valence-corrected chi connectivity index (χ2v) is 15.5. The van der Waals surface area contributed by atoms with Gasteiger partial charge in [-0.3, -0.25) is 0 Å². The average Bonchev–Trinajstić information content (AvgIpc) is 3.31. The van der Waals surface area contributed by atoms with E-state index in [1.165, 1.54) is 6.07 Å². The molecule has 48 heavy (non-hydrogen) atoms. The molecule has 0 aliphatic rings. The summed E-state index contributed by atoms with van der Waals surface area (Å²) >= 11 is 0. The third-order valence-corrected chi connectivity index (χ3v) is 10.3. The van der Waals surface area contributed by atoms with Gasteiger partial charge in [0.05, 0.1) is 23.9 Å². The van der Waals surface area contributed by atoms with Crippen molar-refractivity contribution in [3.05, 3.63) is 83.9 Å².